The zero-order chi connectivity index (χ0) is 16.5. The van der Waals surface area contributed by atoms with Crippen molar-refractivity contribution < 1.29 is 0 Å². The fourth-order valence-electron chi connectivity index (χ4n) is 3.56. The number of aryl methyl sites for hydroxylation is 2. The first-order chi connectivity index (χ1) is 11.7. The van der Waals surface area contributed by atoms with Crippen LogP contribution in [0.2, 0.25) is 0 Å². The predicted octanol–water partition coefficient (Wildman–Crippen LogP) is 3.45. The van der Waals surface area contributed by atoms with Gasteiger partial charge < -0.3 is 9.47 Å². The summed E-state index contributed by atoms with van der Waals surface area (Å²) in [6.07, 6.45) is 8.32. The summed E-state index contributed by atoms with van der Waals surface area (Å²) in [5.74, 6) is 3.89. The topological polar surface area (TPSA) is 46.8 Å². The molecule has 24 heavy (non-hydrogen) atoms. The van der Waals surface area contributed by atoms with E-state index in [9.17, 15) is 0 Å². The molecule has 3 aromatic heterocycles. The second-order valence-electron chi connectivity index (χ2n) is 6.57. The minimum Gasteiger partial charge on any atom is -0.356 e. The lowest BCUT2D eigenvalue weighted by atomic mass is 9.94. The molecule has 1 unspecified atom stereocenters. The van der Waals surface area contributed by atoms with Crippen molar-refractivity contribution in [1.29, 1.82) is 0 Å². The first-order valence-electron chi connectivity index (χ1n) is 8.70. The molecule has 0 aromatic carbocycles. The summed E-state index contributed by atoms with van der Waals surface area (Å²) < 4.78 is 2.13. The molecule has 0 amide bonds. The van der Waals surface area contributed by atoms with Gasteiger partial charge >= 0.3 is 0 Å². The Hall–Kier alpha value is -1.95. The van der Waals surface area contributed by atoms with Crippen LogP contribution in [0.5, 0.6) is 0 Å². The Morgan fingerprint density at radius 2 is 2.25 bits per heavy atom. The van der Waals surface area contributed by atoms with Crippen LogP contribution >= 0.6 is 11.3 Å². The van der Waals surface area contributed by atoms with E-state index in [1.807, 2.05) is 12.4 Å². The molecule has 0 N–H and O–H groups in total. The Bertz CT molecular complexity index is 837. The van der Waals surface area contributed by atoms with Gasteiger partial charge in [-0.15, -0.1) is 11.3 Å². The van der Waals surface area contributed by atoms with E-state index in [1.165, 1.54) is 24.1 Å². The van der Waals surface area contributed by atoms with Crippen molar-refractivity contribution >= 4 is 27.4 Å². The van der Waals surface area contributed by atoms with Gasteiger partial charge in [-0.2, -0.15) is 0 Å². The van der Waals surface area contributed by atoms with E-state index in [2.05, 4.69) is 44.9 Å². The largest absolute Gasteiger partial charge is 0.356 e. The Morgan fingerprint density at radius 1 is 1.33 bits per heavy atom. The van der Waals surface area contributed by atoms with Crippen LogP contribution in [-0.2, 0) is 19.9 Å². The van der Waals surface area contributed by atoms with E-state index >= 15 is 0 Å². The van der Waals surface area contributed by atoms with Crippen LogP contribution in [0.4, 0.5) is 5.82 Å². The quantitative estimate of drug-likeness (QED) is 0.729. The number of anilines is 1. The highest BCUT2D eigenvalue weighted by Crippen LogP contribution is 2.31. The van der Waals surface area contributed by atoms with E-state index < -0.39 is 0 Å². The van der Waals surface area contributed by atoms with E-state index in [1.54, 1.807) is 11.3 Å². The Kier molecular flexibility index (Phi) is 4.22. The summed E-state index contributed by atoms with van der Waals surface area (Å²) in [5, 5.41) is 3.33. The number of hydrogen-bond donors (Lipinski definition) is 0. The molecule has 1 aliphatic rings. The van der Waals surface area contributed by atoms with Crippen molar-refractivity contribution in [3.63, 3.8) is 0 Å². The summed E-state index contributed by atoms with van der Waals surface area (Å²) >= 11 is 1.71. The van der Waals surface area contributed by atoms with Crippen LogP contribution < -0.4 is 4.90 Å². The number of rotatable bonds is 4. The van der Waals surface area contributed by atoms with Crippen molar-refractivity contribution in [2.45, 2.75) is 32.6 Å². The molecule has 1 atom stereocenters. The molecular formula is C18H23N5S. The summed E-state index contributed by atoms with van der Waals surface area (Å²) in [4.78, 5) is 17.6. The maximum Gasteiger partial charge on any atom is 0.141 e. The van der Waals surface area contributed by atoms with E-state index in [-0.39, 0.29) is 0 Å². The van der Waals surface area contributed by atoms with Gasteiger partial charge in [-0.3, -0.25) is 0 Å². The fourth-order valence-corrected chi connectivity index (χ4v) is 4.33. The number of fused-ring (bicyclic) bond motifs is 1. The minimum atomic E-state index is 0.633. The Labute approximate surface area is 146 Å². The van der Waals surface area contributed by atoms with E-state index in [0.29, 0.717) is 5.92 Å². The van der Waals surface area contributed by atoms with Gasteiger partial charge in [-0.1, -0.05) is 6.92 Å². The standard InChI is InChI=1S/C18H23N5S/c1-3-15-20-17(14-6-10-24-18(14)21-15)23-8-4-5-13(12-23)11-16-19-7-9-22(16)2/h6-7,9-10,13H,3-5,8,11-12H2,1-2H3. The zero-order valence-corrected chi connectivity index (χ0v) is 15.1. The van der Waals surface area contributed by atoms with Crippen LogP contribution in [0.1, 0.15) is 31.4 Å². The van der Waals surface area contributed by atoms with Crippen LogP contribution in [0, 0.1) is 5.92 Å². The molecule has 4 rings (SSSR count). The summed E-state index contributed by atoms with van der Waals surface area (Å²) in [6, 6.07) is 2.16. The summed E-state index contributed by atoms with van der Waals surface area (Å²) in [7, 11) is 2.08. The van der Waals surface area contributed by atoms with Crippen LogP contribution in [0.3, 0.4) is 0 Å². The molecule has 3 aromatic rings. The van der Waals surface area contributed by atoms with Crippen LogP contribution in [0.15, 0.2) is 23.8 Å². The molecule has 0 bridgehead atoms. The summed E-state index contributed by atoms with van der Waals surface area (Å²) in [5.41, 5.74) is 0. The summed E-state index contributed by atoms with van der Waals surface area (Å²) in [6.45, 7) is 4.26. The van der Waals surface area contributed by atoms with Crippen molar-refractivity contribution in [2.24, 2.45) is 13.0 Å². The number of nitrogens with zero attached hydrogens (tertiary/aromatic N) is 5. The number of imidazole rings is 1. The number of aromatic nitrogens is 4. The molecule has 0 radical (unpaired) electrons. The average Bonchev–Trinajstić information content (AvgIpc) is 3.23. The number of thiophene rings is 1. The normalized spacial score (nSPS) is 18.4. The van der Waals surface area contributed by atoms with Crippen molar-refractivity contribution in [1.82, 2.24) is 19.5 Å². The fraction of sp³-hybridized carbons (Fsp3) is 0.500. The van der Waals surface area contributed by atoms with Crippen LogP contribution in [0.25, 0.3) is 10.2 Å². The van der Waals surface area contributed by atoms with E-state index in [0.717, 1.165) is 42.4 Å². The van der Waals surface area contributed by atoms with Gasteiger partial charge in [0.05, 0.1) is 5.39 Å². The number of piperidine rings is 1. The molecule has 1 saturated heterocycles. The highest BCUT2D eigenvalue weighted by Gasteiger charge is 2.24. The molecular weight excluding hydrogens is 318 g/mol. The number of hydrogen-bond acceptors (Lipinski definition) is 5. The lowest BCUT2D eigenvalue weighted by molar-refractivity contribution is 0.402. The smallest absolute Gasteiger partial charge is 0.141 e. The maximum atomic E-state index is 4.86. The monoisotopic (exact) mass is 341 g/mol. The first kappa shape index (κ1) is 15.6. The van der Waals surface area contributed by atoms with Gasteiger partial charge in [0.15, 0.2) is 0 Å². The lowest BCUT2D eigenvalue weighted by Gasteiger charge is -2.34. The lowest BCUT2D eigenvalue weighted by Crippen LogP contribution is -2.37. The minimum absolute atomic E-state index is 0.633. The second kappa shape index (κ2) is 6.51. The third-order valence-electron chi connectivity index (χ3n) is 4.88. The van der Waals surface area contributed by atoms with Gasteiger partial charge in [0, 0.05) is 45.4 Å². The third kappa shape index (κ3) is 2.90. The molecule has 4 heterocycles. The van der Waals surface area contributed by atoms with Gasteiger partial charge in [-0.25, -0.2) is 15.0 Å². The van der Waals surface area contributed by atoms with E-state index in [4.69, 9.17) is 4.98 Å². The third-order valence-corrected chi connectivity index (χ3v) is 5.68. The second-order valence-corrected chi connectivity index (χ2v) is 7.46. The Morgan fingerprint density at radius 3 is 3.04 bits per heavy atom. The molecule has 0 spiro atoms. The highest BCUT2D eigenvalue weighted by atomic mass is 32.1. The van der Waals surface area contributed by atoms with Gasteiger partial charge in [-0.05, 0) is 30.2 Å². The van der Waals surface area contributed by atoms with Crippen molar-refractivity contribution in [3.8, 4) is 0 Å². The molecule has 126 valence electrons. The highest BCUT2D eigenvalue weighted by molar-refractivity contribution is 7.16. The first-order valence-corrected chi connectivity index (χ1v) is 9.58. The molecule has 6 heteroatoms. The predicted molar refractivity (Wildman–Crippen MR) is 98.6 cm³/mol. The SMILES string of the molecule is CCc1nc(N2CCCC(Cc3nccn3C)C2)c2ccsc2n1. The molecule has 5 nitrogen and oxygen atoms in total. The van der Waals surface area contributed by atoms with Gasteiger partial charge in [0.2, 0.25) is 0 Å². The zero-order valence-electron chi connectivity index (χ0n) is 14.3. The van der Waals surface area contributed by atoms with Gasteiger partial charge in [0.25, 0.3) is 0 Å². The average molecular weight is 341 g/mol. The molecule has 1 fully saturated rings. The van der Waals surface area contributed by atoms with Crippen molar-refractivity contribution in [2.75, 3.05) is 18.0 Å². The van der Waals surface area contributed by atoms with Crippen LogP contribution in [-0.4, -0.2) is 32.6 Å². The molecule has 1 aliphatic heterocycles. The van der Waals surface area contributed by atoms with Gasteiger partial charge in [0.1, 0.15) is 22.3 Å². The molecule has 0 aliphatic carbocycles. The molecule has 0 saturated carbocycles. The van der Waals surface area contributed by atoms with Crippen molar-refractivity contribution in [3.05, 3.63) is 35.5 Å². The Balaban J connectivity index is 1.60. The maximum absolute atomic E-state index is 4.86.